The van der Waals surface area contributed by atoms with Crippen LogP contribution in [0.4, 0.5) is 15.6 Å². The molecule has 2 aromatic carbocycles. The number of carbonyl (C=O) groups excluding carboxylic acids is 2. The Balaban J connectivity index is 1.64. The zero-order valence-corrected chi connectivity index (χ0v) is 15.1. The van der Waals surface area contributed by atoms with Crippen molar-refractivity contribution in [2.24, 2.45) is 0 Å². The van der Waals surface area contributed by atoms with E-state index >= 15 is 0 Å². The molecular weight excluding hydrogens is 354 g/mol. The van der Waals surface area contributed by atoms with Crippen LogP contribution in [0.5, 0.6) is 5.75 Å². The van der Waals surface area contributed by atoms with Crippen LogP contribution < -0.4 is 15.4 Å². The summed E-state index contributed by atoms with van der Waals surface area (Å²) in [5, 5.41) is 5.88. The zero-order valence-electron chi connectivity index (χ0n) is 14.2. The van der Waals surface area contributed by atoms with Gasteiger partial charge in [0.15, 0.2) is 5.13 Å². The fourth-order valence-corrected chi connectivity index (χ4v) is 3.14. The van der Waals surface area contributed by atoms with Crippen molar-refractivity contribution in [1.82, 2.24) is 4.98 Å². The Labute approximate surface area is 154 Å². The number of rotatable bonds is 5. The Kier molecular flexibility index (Phi) is 5.33. The maximum atomic E-state index is 12.1. The van der Waals surface area contributed by atoms with Crippen LogP contribution in [0.15, 0.2) is 42.5 Å². The fraction of sp³-hybridized carbons (Fsp3) is 0.167. The van der Waals surface area contributed by atoms with E-state index in [-0.39, 0.29) is 0 Å². The van der Waals surface area contributed by atoms with Crippen LogP contribution in [0, 0.1) is 0 Å². The number of benzene rings is 2. The Bertz CT molecular complexity index is 937. The summed E-state index contributed by atoms with van der Waals surface area (Å²) in [4.78, 5) is 28.1. The van der Waals surface area contributed by atoms with Crippen molar-refractivity contribution >= 4 is 44.4 Å². The summed E-state index contributed by atoms with van der Waals surface area (Å²) in [5.41, 5.74) is 1.76. The highest BCUT2D eigenvalue weighted by Crippen LogP contribution is 2.29. The second kappa shape index (κ2) is 7.83. The average molecular weight is 371 g/mol. The molecule has 0 atom stereocenters. The molecule has 0 bridgehead atoms. The molecule has 0 aliphatic heterocycles. The highest BCUT2D eigenvalue weighted by molar-refractivity contribution is 7.22. The van der Waals surface area contributed by atoms with Gasteiger partial charge in [0.05, 0.1) is 29.5 Å². The Morgan fingerprint density at radius 1 is 1.12 bits per heavy atom. The number of esters is 1. The number of nitrogens with zero attached hydrogens (tertiary/aromatic N) is 1. The van der Waals surface area contributed by atoms with Crippen LogP contribution in [0.25, 0.3) is 10.2 Å². The lowest BCUT2D eigenvalue weighted by Gasteiger charge is -2.06. The molecule has 7 nitrogen and oxygen atoms in total. The van der Waals surface area contributed by atoms with Crippen LogP contribution >= 0.6 is 11.3 Å². The standard InChI is InChI=1S/C18H17N3O4S/c1-3-25-16(22)11-4-6-12(7-5-11)19-17(23)21-18-20-14-9-8-13(24-2)10-15(14)26-18/h4-10H,3H2,1-2H3,(H2,19,20,21,23). The maximum absolute atomic E-state index is 12.1. The van der Waals surface area contributed by atoms with E-state index in [0.717, 1.165) is 16.0 Å². The Hall–Kier alpha value is -3.13. The molecule has 2 N–H and O–H groups in total. The molecule has 8 heteroatoms. The molecule has 1 aromatic heterocycles. The lowest BCUT2D eigenvalue weighted by atomic mass is 10.2. The van der Waals surface area contributed by atoms with Gasteiger partial charge >= 0.3 is 12.0 Å². The van der Waals surface area contributed by atoms with Crippen molar-refractivity contribution in [3.8, 4) is 5.75 Å². The number of methoxy groups -OCH3 is 1. The summed E-state index contributed by atoms with van der Waals surface area (Å²) in [7, 11) is 1.60. The van der Waals surface area contributed by atoms with Crippen LogP contribution in [0.2, 0.25) is 0 Å². The number of aromatic nitrogens is 1. The van der Waals surface area contributed by atoms with E-state index in [0.29, 0.717) is 23.0 Å². The zero-order chi connectivity index (χ0) is 18.5. The number of hydrogen-bond donors (Lipinski definition) is 2. The van der Waals surface area contributed by atoms with Gasteiger partial charge in [0.25, 0.3) is 0 Å². The number of thiazole rings is 1. The number of amides is 2. The van der Waals surface area contributed by atoms with Gasteiger partial charge < -0.3 is 14.8 Å². The van der Waals surface area contributed by atoms with Gasteiger partial charge in [-0.15, -0.1) is 0 Å². The molecule has 0 aliphatic rings. The number of anilines is 2. The highest BCUT2D eigenvalue weighted by Gasteiger charge is 2.10. The Morgan fingerprint density at radius 2 is 1.88 bits per heavy atom. The predicted molar refractivity (Wildman–Crippen MR) is 101 cm³/mol. The van der Waals surface area contributed by atoms with Crippen molar-refractivity contribution in [3.63, 3.8) is 0 Å². The summed E-state index contributed by atoms with van der Waals surface area (Å²) in [5.74, 6) is 0.340. The van der Waals surface area contributed by atoms with Crippen molar-refractivity contribution < 1.29 is 19.1 Å². The van der Waals surface area contributed by atoms with Gasteiger partial charge in [0.1, 0.15) is 5.75 Å². The normalized spacial score (nSPS) is 10.4. The molecule has 0 fully saturated rings. The molecule has 0 saturated heterocycles. The van der Waals surface area contributed by atoms with Crippen LogP contribution in [-0.2, 0) is 4.74 Å². The van der Waals surface area contributed by atoms with Gasteiger partial charge in [-0.3, -0.25) is 5.32 Å². The molecule has 0 saturated carbocycles. The summed E-state index contributed by atoms with van der Waals surface area (Å²) < 4.78 is 11.0. The average Bonchev–Trinajstić information content (AvgIpc) is 3.03. The quantitative estimate of drug-likeness (QED) is 0.658. The number of ether oxygens (including phenoxy) is 2. The van der Waals surface area contributed by atoms with Gasteiger partial charge in [-0.1, -0.05) is 11.3 Å². The minimum Gasteiger partial charge on any atom is -0.497 e. The van der Waals surface area contributed by atoms with Gasteiger partial charge in [0.2, 0.25) is 0 Å². The van der Waals surface area contributed by atoms with Crippen LogP contribution in [0.3, 0.4) is 0 Å². The molecule has 3 rings (SSSR count). The van der Waals surface area contributed by atoms with E-state index in [2.05, 4.69) is 15.6 Å². The Morgan fingerprint density at radius 3 is 2.58 bits per heavy atom. The van der Waals surface area contributed by atoms with Crippen molar-refractivity contribution in [2.75, 3.05) is 24.4 Å². The number of urea groups is 1. The molecule has 0 spiro atoms. The molecule has 0 aliphatic carbocycles. The van der Waals surface area contributed by atoms with Crippen LogP contribution in [-0.4, -0.2) is 30.7 Å². The largest absolute Gasteiger partial charge is 0.497 e. The lowest BCUT2D eigenvalue weighted by Crippen LogP contribution is -2.19. The van der Waals surface area contributed by atoms with Crippen molar-refractivity contribution in [1.29, 1.82) is 0 Å². The third kappa shape index (κ3) is 4.09. The molecule has 0 radical (unpaired) electrons. The second-order valence-electron chi connectivity index (χ2n) is 5.23. The first kappa shape index (κ1) is 17.7. The lowest BCUT2D eigenvalue weighted by molar-refractivity contribution is 0.0526. The smallest absolute Gasteiger partial charge is 0.338 e. The number of fused-ring (bicyclic) bond motifs is 1. The predicted octanol–water partition coefficient (Wildman–Crippen LogP) is 4.13. The first-order valence-electron chi connectivity index (χ1n) is 7.89. The van der Waals surface area contributed by atoms with Crippen molar-refractivity contribution in [3.05, 3.63) is 48.0 Å². The molecule has 3 aromatic rings. The summed E-state index contributed by atoms with van der Waals surface area (Å²) >= 11 is 1.35. The molecule has 134 valence electrons. The van der Waals surface area contributed by atoms with Crippen LogP contribution in [0.1, 0.15) is 17.3 Å². The van der Waals surface area contributed by atoms with Crippen molar-refractivity contribution in [2.45, 2.75) is 6.92 Å². The van der Waals surface area contributed by atoms with Gasteiger partial charge in [0, 0.05) is 5.69 Å². The van der Waals surface area contributed by atoms with E-state index in [1.165, 1.54) is 11.3 Å². The third-order valence-corrected chi connectivity index (χ3v) is 4.40. The van der Waals surface area contributed by atoms with E-state index < -0.39 is 12.0 Å². The number of hydrogen-bond acceptors (Lipinski definition) is 6. The molecule has 26 heavy (non-hydrogen) atoms. The molecule has 2 amide bonds. The van der Waals surface area contributed by atoms with E-state index in [4.69, 9.17) is 9.47 Å². The van der Waals surface area contributed by atoms with E-state index in [9.17, 15) is 9.59 Å². The monoisotopic (exact) mass is 371 g/mol. The first-order chi connectivity index (χ1) is 12.6. The first-order valence-corrected chi connectivity index (χ1v) is 8.70. The fourth-order valence-electron chi connectivity index (χ4n) is 2.25. The molecule has 1 heterocycles. The summed E-state index contributed by atoms with van der Waals surface area (Å²) in [6.45, 7) is 2.06. The topological polar surface area (TPSA) is 89.5 Å². The molecular formula is C18H17N3O4S. The SMILES string of the molecule is CCOC(=O)c1ccc(NC(=O)Nc2nc3ccc(OC)cc3s2)cc1. The second-order valence-corrected chi connectivity index (χ2v) is 6.26. The summed E-state index contributed by atoms with van der Waals surface area (Å²) in [6, 6.07) is 11.6. The minimum atomic E-state index is -0.417. The maximum Gasteiger partial charge on any atom is 0.338 e. The third-order valence-electron chi connectivity index (χ3n) is 3.47. The van der Waals surface area contributed by atoms with E-state index in [1.54, 1.807) is 38.3 Å². The van der Waals surface area contributed by atoms with E-state index in [1.807, 2.05) is 18.2 Å². The van der Waals surface area contributed by atoms with Gasteiger partial charge in [-0.25, -0.2) is 14.6 Å². The number of nitrogens with one attached hydrogen (secondary N) is 2. The summed E-state index contributed by atoms with van der Waals surface area (Å²) in [6.07, 6.45) is 0. The highest BCUT2D eigenvalue weighted by atomic mass is 32.1. The van der Waals surface area contributed by atoms with Gasteiger partial charge in [-0.2, -0.15) is 0 Å². The van der Waals surface area contributed by atoms with Gasteiger partial charge in [-0.05, 0) is 49.4 Å². The minimum absolute atomic E-state index is 0.315. The number of carbonyl (C=O) groups is 2. The molecule has 0 unspecified atom stereocenters.